The third-order valence-corrected chi connectivity index (χ3v) is 4.57. The zero-order valence-corrected chi connectivity index (χ0v) is 13.4. The van der Waals surface area contributed by atoms with Gasteiger partial charge < -0.3 is 15.5 Å². The van der Waals surface area contributed by atoms with Gasteiger partial charge in [0.05, 0.1) is 0 Å². The summed E-state index contributed by atoms with van der Waals surface area (Å²) in [4.78, 5) is 26.0. The monoisotopic (exact) mass is 295 g/mol. The fraction of sp³-hybridized carbons (Fsp3) is 0.875. The average Bonchev–Trinajstić information content (AvgIpc) is 2.98. The van der Waals surface area contributed by atoms with Crippen LogP contribution in [0.1, 0.15) is 46.0 Å². The van der Waals surface area contributed by atoms with Crippen molar-refractivity contribution in [1.82, 2.24) is 15.5 Å². The fourth-order valence-electron chi connectivity index (χ4n) is 3.14. The highest BCUT2D eigenvalue weighted by Gasteiger charge is 2.26. The molecule has 0 spiro atoms. The molecule has 2 heterocycles. The molecule has 21 heavy (non-hydrogen) atoms. The van der Waals surface area contributed by atoms with Crippen LogP contribution in [0, 0.1) is 11.8 Å². The first-order valence-corrected chi connectivity index (χ1v) is 8.35. The average molecular weight is 295 g/mol. The van der Waals surface area contributed by atoms with Crippen LogP contribution in [0.5, 0.6) is 0 Å². The van der Waals surface area contributed by atoms with Crippen LogP contribution in [-0.4, -0.2) is 48.9 Å². The second-order valence-corrected chi connectivity index (χ2v) is 6.74. The predicted molar refractivity (Wildman–Crippen MR) is 82.8 cm³/mol. The predicted octanol–water partition coefficient (Wildman–Crippen LogP) is 1.14. The van der Waals surface area contributed by atoms with Crippen LogP contribution in [0.15, 0.2) is 0 Å². The first-order chi connectivity index (χ1) is 10.1. The van der Waals surface area contributed by atoms with Gasteiger partial charge in [-0.2, -0.15) is 0 Å². The number of likely N-dealkylation sites (tertiary alicyclic amines) is 1. The summed E-state index contributed by atoms with van der Waals surface area (Å²) in [6, 6.07) is 0.130. The standard InChI is InChI=1S/C16H29N3O2/c1-12(2)16(21)18-14-4-3-9-19(11-14)15(20)6-5-13-7-8-17-10-13/h12-14,17H,3-11H2,1-2H3,(H,18,21). The van der Waals surface area contributed by atoms with Gasteiger partial charge in [0.1, 0.15) is 0 Å². The summed E-state index contributed by atoms with van der Waals surface area (Å²) in [6.07, 6.45) is 4.80. The molecule has 0 saturated carbocycles. The fourth-order valence-corrected chi connectivity index (χ4v) is 3.14. The van der Waals surface area contributed by atoms with E-state index in [0.29, 0.717) is 18.9 Å². The number of amides is 2. The molecule has 2 saturated heterocycles. The van der Waals surface area contributed by atoms with Crippen LogP contribution in [-0.2, 0) is 9.59 Å². The number of piperidine rings is 1. The Balaban J connectivity index is 1.74. The Morgan fingerprint density at radius 3 is 2.81 bits per heavy atom. The van der Waals surface area contributed by atoms with Crippen LogP contribution in [0.25, 0.3) is 0 Å². The van der Waals surface area contributed by atoms with Gasteiger partial charge in [0.25, 0.3) is 0 Å². The number of hydrogen-bond donors (Lipinski definition) is 2. The summed E-state index contributed by atoms with van der Waals surface area (Å²) in [5, 5.41) is 6.40. The third kappa shape index (κ3) is 4.99. The Hall–Kier alpha value is -1.10. The maximum atomic E-state index is 12.3. The molecule has 0 aromatic heterocycles. The topological polar surface area (TPSA) is 61.4 Å². The van der Waals surface area contributed by atoms with Gasteiger partial charge >= 0.3 is 0 Å². The molecule has 2 fully saturated rings. The lowest BCUT2D eigenvalue weighted by atomic mass is 10.0. The van der Waals surface area contributed by atoms with Gasteiger partial charge in [-0.1, -0.05) is 13.8 Å². The number of carbonyl (C=O) groups excluding carboxylic acids is 2. The van der Waals surface area contributed by atoms with Crippen molar-refractivity contribution in [2.24, 2.45) is 11.8 Å². The molecule has 2 N–H and O–H groups in total. The molecule has 2 aliphatic rings. The van der Waals surface area contributed by atoms with E-state index in [2.05, 4.69) is 10.6 Å². The molecule has 0 aromatic carbocycles. The van der Waals surface area contributed by atoms with Crippen LogP contribution in [0.4, 0.5) is 0 Å². The van der Waals surface area contributed by atoms with Crippen molar-refractivity contribution in [2.45, 2.75) is 52.0 Å². The number of nitrogens with one attached hydrogen (secondary N) is 2. The van der Waals surface area contributed by atoms with E-state index >= 15 is 0 Å². The summed E-state index contributed by atoms with van der Waals surface area (Å²) < 4.78 is 0. The highest BCUT2D eigenvalue weighted by molar-refractivity contribution is 5.79. The zero-order chi connectivity index (χ0) is 15.2. The lowest BCUT2D eigenvalue weighted by Crippen LogP contribution is -2.50. The molecule has 5 heteroatoms. The molecular formula is C16H29N3O2. The molecule has 0 aromatic rings. The Bertz CT molecular complexity index is 365. The van der Waals surface area contributed by atoms with Crippen molar-refractivity contribution in [3.05, 3.63) is 0 Å². The van der Waals surface area contributed by atoms with Gasteiger partial charge in [0, 0.05) is 31.5 Å². The molecule has 2 amide bonds. The molecule has 2 aliphatic heterocycles. The van der Waals surface area contributed by atoms with E-state index in [4.69, 9.17) is 0 Å². The van der Waals surface area contributed by atoms with Crippen molar-refractivity contribution >= 4 is 11.8 Å². The Labute approximate surface area is 127 Å². The maximum absolute atomic E-state index is 12.3. The van der Waals surface area contributed by atoms with Crippen LogP contribution in [0.3, 0.4) is 0 Å². The number of hydrogen-bond acceptors (Lipinski definition) is 3. The zero-order valence-electron chi connectivity index (χ0n) is 13.4. The smallest absolute Gasteiger partial charge is 0.222 e. The Morgan fingerprint density at radius 1 is 1.33 bits per heavy atom. The van der Waals surface area contributed by atoms with E-state index < -0.39 is 0 Å². The van der Waals surface area contributed by atoms with Gasteiger partial charge in [-0.3, -0.25) is 9.59 Å². The normalized spacial score (nSPS) is 26.1. The van der Waals surface area contributed by atoms with Crippen LogP contribution < -0.4 is 10.6 Å². The van der Waals surface area contributed by atoms with E-state index in [1.165, 1.54) is 6.42 Å². The van der Waals surface area contributed by atoms with Gasteiger partial charge in [0.2, 0.25) is 11.8 Å². The van der Waals surface area contributed by atoms with Gasteiger partial charge in [-0.05, 0) is 44.7 Å². The van der Waals surface area contributed by atoms with Gasteiger partial charge in [-0.15, -0.1) is 0 Å². The van der Waals surface area contributed by atoms with Crippen molar-refractivity contribution in [3.63, 3.8) is 0 Å². The third-order valence-electron chi connectivity index (χ3n) is 4.57. The van der Waals surface area contributed by atoms with Crippen molar-refractivity contribution in [1.29, 1.82) is 0 Å². The van der Waals surface area contributed by atoms with E-state index in [9.17, 15) is 9.59 Å². The summed E-state index contributed by atoms with van der Waals surface area (Å²) >= 11 is 0. The minimum absolute atomic E-state index is 0.00550. The molecule has 2 rings (SSSR count). The van der Waals surface area contributed by atoms with Gasteiger partial charge in [0.15, 0.2) is 0 Å². The van der Waals surface area contributed by atoms with Crippen molar-refractivity contribution in [2.75, 3.05) is 26.2 Å². The summed E-state index contributed by atoms with van der Waals surface area (Å²) in [6.45, 7) is 7.47. The van der Waals surface area contributed by atoms with Gasteiger partial charge in [-0.25, -0.2) is 0 Å². The minimum atomic E-state index is 0.00550. The number of nitrogens with zero attached hydrogens (tertiary/aromatic N) is 1. The minimum Gasteiger partial charge on any atom is -0.351 e. The largest absolute Gasteiger partial charge is 0.351 e. The van der Waals surface area contributed by atoms with Crippen LogP contribution >= 0.6 is 0 Å². The molecule has 5 nitrogen and oxygen atoms in total. The molecule has 2 unspecified atom stereocenters. The first kappa shape index (κ1) is 16.3. The van der Waals surface area contributed by atoms with E-state index in [1.807, 2.05) is 18.7 Å². The molecular weight excluding hydrogens is 266 g/mol. The molecule has 2 atom stereocenters. The molecule has 0 radical (unpaired) electrons. The highest BCUT2D eigenvalue weighted by Crippen LogP contribution is 2.17. The Morgan fingerprint density at radius 2 is 2.14 bits per heavy atom. The van der Waals surface area contributed by atoms with E-state index in [0.717, 1.165) is 38.9 Å². The first-order valence-electron chi connectivity index (χ1n) is 8.35. The lowest BCUT2D eigenvalue weighted by Gasteiger charge is -2.33. The van der Waals surface area contributed by atoms with Crippen molar-refractivity contribution < 1.29 is 9.59 Å². The highest BCUT2D eigenvalue weighted by atomic mass is 16.2. The maximum Gasteiger partial charge on any atom is 0.222 e. The molecule has 0 bridgehead atoms. The second kappa shape index (κ2) is 7.78. The number of carbonyl (C=O) groups is 2. The lowest BCUT2D eigenvalue weighted by molar-refractivity contribution is -0.134. The summed E-state index contributed by atoms with van der Waals surface area (Å²) in [7, 11) is 0. The quantitative estimate of drug-likeness (QED) is 0.799. The van der Waals surface area contributed by atoms with Crippen molar-refractivity contribution in [3.8, 4) is 0 Å². The molecule has 0 aliphatic carbocycles. The Kier molecular flexibility index (Phi) is 6.03. The van der Waals surface area contributed by atoms with E-state index in [1.54, 1.807) is 0 Å². The number of rotatable bonds is 5. The second-order valence-electron chi connectivity index (χ2n) is 6.74. The van der Waals surface area contributed by atoms with Crippen LogP contribution in [0.2, 0.25) is 0 Å². The summed E-state index contributed by atoms with van der Waals surface area (Å²) in [5.41, 5.74) is 0. The van der Waals surface area contributed by atoms with E-state index in [-0.39, 0.29) is 23.8 Å². The summed E-state index contributed by atoms with van der Waals surface area (Å²) in [5.74, 6) is 1.01. The SMILES string of the molecule is CC(C)C(=O)NC1CCCN(C(=O)CCC2CCNC2)C1. The molecule has 120 valence electrons.